The minimum atomic E-state index is -0.655. The van der Waals surface area contributed by atoms with Gasteiger partial charge in [0.05, 0.1) is 19.3 Å². The average Bonchev–Trinajstić information content (AvgIpc) is 2.43. The van der Waals surface area contributed by atoms with Crippen molar-refractivity contribution in [3.05, 3.63) is 53.8 Å². The number of halogens is 1. The Morgan fingerprint density at radius 2 is 1.89 bits per heavy atom. The molecule has 0 amide bonds. The molecule has 5 heteroatoms. The molecule has 0 bridgehead atoms. The Hall–Kier alpha value is -2.43. The fourth-order valence-electron chi connectivity index (χ4n) is 1.50. The second-order valence-corrected chi connectivity index (χ2v) is 3.88. The number of benzene rings is 2. The summed E-state index contributed by atoms with van der Waals surface area (Å²) in [4.78, 5) is 0. The van der Waals surface area contributed by atoms with E-state index >= 15 is 0 Å². The van der Waals surface area contributed by atoms with Crippen LogP contribution in [0.4, 0.5) is 10.1 Å². The average molecular weight is 260 g/mol. The summed E-state index contributed by atoms with van der Waals surface area (Å²) in [5.41, 5.74) is 1.34. The van der Waals surface area contributed by atoms with E-state index in [0.29, 0.717) is 11.3 Å². The summed E-state index contributed by atoms with van der Waals surface area (Å²) in [7, 11) is 1.59. The molecular formula is C14H13FN2O2. The first-order valence-corrected chi connectivity index (χ1v) is 5.68. The van der Waals surface area contributed by atoms with Gasteiger partial charge in [0.25, 0.3) is 0 Å². The molecule has 2 rings (SSSR count). The van der Waals surface area contributed by atoms with Crippen LogP contribution in [0.25, 0.3) is 0 Å². The van der Waals surface area contributed by atoms with Crippen molar-refractivity contribution in [2.24, 2.45) is 10.2 Å². The highest BCUT2D eigenvalue weighted by atomic mass is 19.1. The minimum absolute atomic E-state index is 0.253. The van der Waals surface area contributed by atoms with Gasteiger partial charge in [-0.3, -0.25) is 0 Å². The van der Waals surface area contributed by atoms with Crippen molar-refractivity contribution >= 4 is 5.69 Å². The molecule has 0 spiro atoms. The third kappa shape index (κ3) is 3.51. The highest BCUT2D eigenvalue weighted by Crippen LogP contribution is 2.19. The van der Waals surface area contributed by atoms with Gasteiger partial charge in [0, 0.05) is 0 Å². The van der Waals surface area contributed by atoms with E-state index in [0.717, 1.165) is 5.75 Å². The molecule has 0 aliphatic rings. The van der Waals surface area contributed by atoms with Crippen molar-refractivity contribution in [1.29, 1.82) is 0 Å². The Kier molecular flexibility index (Phi) is 4.07. The van der Waals surface area contributed by atoms with Crippen LogP contribution in [0.5, 0.6) is 11.5 Å². The van der Waals surface area contributed by atoms with Crippen molar-refractivity contribution in [3.8, 4) is 11.5 Å². The molecule has 0 aliphatic heterocycles. The largest absolute Gasteiger partial charge is 0.505 e. The maximum Gasteiger partial charge on any atom is 0.165 e. The molecule has 0 radical (unpaired) electrons. The number of hydrogen-bond acceptors (Lipinski definition) is 4. The summed E-state index contributed by atoms with van der Waals surface area (Å²) >= 11 is 0. The number of methoxy groups -OCH3 is 1. The summed E-state index contributed by atoms with van der Waals surface area (Å²) in [6.45, 7) is 0.253. The first kappa shape index (κ1) is 13.0. The molecule has 1 N–H and O–H groups in total. The molecule has 0 saturated heterocycles. The molecule has 0 aliphatic carbocycles. The Bertz CT molecular complexity index is 582. The molecule has 2 aromatic rings. The maximum atomic E-state index is 13.1. The first-order valence-electron chi connectivity index (χ1n) is 5.68. The zero-order valence-corrected chi connectivity index (χ0v) is 10.4. The number of hydrogen-bond donors (Lipinski definition) is 1. The van der Waals surface area contributed by atoms with Crippen LogP contribution in [0, 0.1) is 5.82 Å². The monoisotopic (exact) mass is 260 g/mol. The highest BCUT2D eigenvalue weighted by Gasteiger charge is 2.00. The SMILES string of the molecule is COc1ccc(N=NCc2ccc(O)c(F)c2)cc1. The number of azo groups is 1. The number of phenols is 1. The highest BCUT2D eigenvalue weighted by molar-refractivity contribution is 5.40. The van der Waals surface area contributed by atoms with Gasteiger partial charge in [0.2, 0.25) is 0 Å². The zero-order chi connectivity index (χ0) is 13.7. The second-order valence-electron chi connectivity index (χ2n) is 3.88. The molecule has 0 atom stereocenters. The lowest BCUT2D eigenvalue weighted by atomic mass is 10.2. The van der Waals surface area contributed by atoms with Crippen molar-refractivity contribution in [2.75, 3.05) is 7.11 Å². The lowest BCUT2D eigenvalue weighted by Crippen LogP contribution is -1.83. The maximum absolute atomic E-state index is 13.1. The summed E-state index contributed by atoms with van der Waals surface area (Å²) in [5, 5.41) is 17.0. The Morgan fingerprint density at radius 1 is 1.16 bits per heavy atom. The van der Waals surface area contributed by atoms with Crippen LogP contribution in [0.2, 0.25) is 0 Å². The van der Waals surface area contributed by atoms with Crippen LogP contribution in [0.15, 0.2) is 52.7 Å². The lowest BCUT2D eigenvalue weighted by Gasteiger charge is -1.99. The van der Waals surface area contributed by atoms with E-state index < -0.39 is 5.82 Å². The van der Waals surface area contributed by atoms with Crippen molar-refractivity contribution in [3.63, 3.8) is 0 Å². The minimum Gasteiger partial charge on any atom is -0.505 e. The van der Waals surface area contributed by atoms with E-state index in [1.807, 2.05) is 0 Å². The van der Waals surface area contributed by atoms with Gasteiger partial charge in [-0.1, -0.05) is 6.07 Å². The number of rotatable bonds is 4. The molecule has 19 heavy (non-hydrogen) atoms. The summed E-state index contributed by atoms with van der Waals surface area (Å²) < 4.78 is 18.1. The van der Waals surface area contributed by atoms with E-state index in [9.17, 15) is 4.39 Å². The van der Waals surface area contributed by atoms with Crippen LogP contribution in [-0.4, -0.2) is 12.2 Å². The third-order valence-electron chi connectivity index (χ3n) is 2.52. The van der Waals surface area contributed by atoms with Crippen LogP contribution in [0.1, 0.15) is 5.56 Å². The van der Waals surface area contributed by atoms with E-state index in [1.54, 1.807) is 37.4 Å². The van der Waals surface area contributed by atoms with Gasteiger partial charge in [-0.15, -0.1) is 0 Å². The summed E-state index contributed by atoms with van der Waals surface area (Å²) in [6, 6.07) is 11.3. The molecule has 0 heterocycles. The molecular weight excluding hydrogens is 247 g/mol. The number of nitrogens with zero attached hydrogens (tertiary/aromatic N) is 2. The van der Waals surface area contributed by atoms with E-state index in [1.165, 1.54) is 12.1 Å². The zero-order valence-electron chi connectivity index (χ0n) is 10.4. The lowest BCUT2D eigenvalue weighted by molar-refractivity contribution is 0.415. The third-order valence-corrected chi connectivity index (χ3v) is 2.52. The smallest absolute Gasteiger partial charge is 0.165 e. The van der Waals surface area contributed by atoms with Gasteiger partial charge in [0.1, 0.15) is 5.75 Å². The van der Waals surface area contributed by atoms with Gasteiger partial charge >= 0.3 is 0 Å². The molecule has 0 fully saturated rings. The quantitative estimate of drug-likeness (QED) is 0.849. The molecule has 0 unspecified atom stereocenters. The fourth-order valence-corrected chi connectivity index (χ4v) is 1.50. The summed E-state index contributed by atoms with van der Waals surface area (Å²) in [5.74, 6) is -0.271. The molecule has 2 aromatic carbocycles. The van der Waals surface area contributed by atoms with Crippen molar-refractivity contribution in [2.45, 2.75) is 6.54 Å². The van der Waals surface area contributed by atoms with Gasteiger partial charge in [-0.05, 0) is 42.0 Å². The van der Waals surface area contributed by atoms with Crippen LogP contribution >= 0.6 is 0 Å². The van der Waals surface area contributed by atoms with E-state index in [-0.39, 0.29) is 12.3 Å². The number of aromatic hydroxyl groups is 1. The molecule has 4 nitrogen and oxygen atoms in total. The van der Waals surface area contributed by atoms with Crippen LogP contribution < -0.4 is 4.74 Å². The van der Waals surface area contributed by atoms with Gasteiger partial charge < -0.3 is 9.84 Å². The second kappa shape index (κ2) is 5.95. The van der Waals surface area contributed by atoms with E-state index in [2.05, 4.69) is 10.2 Å². The molecule has 0 saturated carbocycles. The number of ether oxygens (including phenoxy) is 1. The van der Waals surface area contributed by atoms with Gasteiger partial charge in [0.15, 0.2) is 11.6 Å². The van der Waals surface area contributed by atoms with E-state index in [4.69, 9.17) is 9.84 Å². The predicted molar refractivity (Wildman–Crippen MR) is 69.3 cm³/mol. The predicted octanol–water partition coefficient (Wildman–Crippen LogP) is 3.82. The Labute approximate surface area is 110 Å². The van der Waals surface area contributed by atoms with Crippen molar-refractivity contribution in [1.82, 2.24) is 0 Å². The van der Waals surface area contributed by atoms with Crippen LogP contribution in [-0.2, 0) is 6.54 Å². The van der Waals surface area contributed by atoms with Gasteiger partial charge in [-0.2, -0.15) is 10.2 Å². The standard InChI is InChI=1S/C14H13FN2O2/c1-19-12-5-3-11(4-6-12)17-16-9-10-2-7-14(18)13(15)8-10/h2-8,18H,9H2,1H3. The molecule has 0 aromatic heterocycles. The Balaban J connectivity index is 2.00. The Morgan fingerprint density at radius 3 is 2.53 bits per heavy atom. The fraction of sp³-hybridized carbons (Fsp3) is 0.143. The normalized spacial score (nSPS) is 10.8. The topological polar surface area (TPSA) is 54.2 Å². The van der Waals surface area contributed by atoms with Gasteiger partial charge in [-0.25, -0.2) is 4.39 Å². The first-order chi connectivity index (χ1) is 9.19. The summed E-state index contributed by atoms with van der Waals surface area (Å²) in [6.07, 6.45) is 0. The van der Waals surface area contributed by atoms with Crippen molar-refractivity contribution < 1.29 is 14.2 Å². The van der Waals surface area contributed by atoms with Crippen LogP contribution in [0.3, 0.4) is 0 Å². The number of phenolic OH excluding ortho intramolecular Hbond substituents is 1. The molecule has 98 valence electrons.